The number of halogens is 1. The summed E-state index contributed by atoms with van der Waals surface area (Å²) >= 11 is 0. The molecule has 2 rings (SSSR count). The molecule has 0 aliphatic heterocycles. The van der Waals surface area contributed by atoms with Crippen molar-refractivity contribution < 1.29 is 13.9 Å². The minimum Gasteiger partial charge on any atom is -0.490 e. The van der Waals surface area contributed by atoms with E-state index in [1.54, 1.807) is 6.07 Å². The molecule has 0 spiro atoms. The normalized spacial score (nSPS) is 12.0. The first-order chi connectivity index (χ1) is 10.7. The molecule has 4 heteroatoms. The van der Waals surface area contributed by atoms with Gasteiger partial charge in [0.25, 0.3) is 0 Å². The first-order valence-corrected chi connectivity index (χ1v) is 7.54. The fraction of sp³-hybridized carbons (Fsp3) is 0.333. The first kappa shape index (κ1) is 16.3. The molecule has 0 radical (unpaired) electrons. The molecule has 0 saturated carbocycles. The van der Waals surface area contributed by atoms with Crippen LogP contribution in [0.2, 0.25) is 0 Å². The molecule has 2 aromatic rings. The molecule has 2 N–H and O–H groups in total. The lowest BCUT2D eigenvalue weighted by Crippen LogP contribution is -2.16. The zero-order chi connectivity index (χ0) is 15.8. The Kier molecular flexibility index (Phi) is 6.22. The summed E-state index contributed by atoms with van der Waals surface area (Å²) in [6.07, 6.45) is 0.723. The maximum Gasteiger partial charge on any atom is 0.161 e. The molecule has 2 aromatic carbocycles. The van der Waals surface area contributed by atoms with Gasteiger partial charge in [0, 0.05) is 0 Å². The Morgan fingerprint density at radius 1 is 1.05 bits per heavy atom. The minimum absolute atomic E-state index is 0.0787. The van der Waals surface area contributed by atoms with Crippen LogP contribution in [-0.2, 0) is 0 Å². The maximum absolute atomic E-state index is 13.3. The van der Waals surface area contributed by atoms with Crippen LogP contribution in [0.4, 0.5) is 4.39 Å². The van der Waals surface area contributed by atoms with Gasteiger partial charge in [-0.25, -0.2) is 4.39 Å². The van der Waals surface area contributed by atoms with Crippen LogP contribution >= 0.6 is 0 Å². The molecule has 22 heavy (non-hydrogen) atoms. The molecule has 0 bridgehead atoms. The van der Waals surface area contributed by atoms with Gasteiger partial charge in [0.2, 0.25) is 0 Å². The van der Waals surface area contributed by atoms with E-state index in [0.29, 0.717) is 19.8 Å². The van der Waals surface area contributed by atoms with Crippen LogP contribution in [0.25, 0.3) is 0 Å². The smallest absolute Gasteiger partial charge is 0.161 e. The van der Waals surface area contributed by atoms with Crippen molar-refractivity contribution in [3.63, 3.8) is 0 Å². The monoisotopic (exact) mass is 303 g/mol. The van der Waals surface area contributed by atoms with Crippen molar-refractivity contribution in [2.45, 2.75) is 19.3 Å². The van der Waals surface area contributed by atoms with E-state index < -0.39 is 0 Å². The van der Waals surface area contributed by atoms with Gasteiger partial charge in [-0.2, -0.15) is 0 Å². The van der Waals surface area contributed by atoms with Crippen LogP contribution in [0, 0.1) is 5.82 Å². The van der Waals surface area contributed by atoms with E-state index in [4.69, 9.17) is 15.2 Å². The molecule has 0 aliphatic carbocycles. The van der Waals surface area contributed by atoms with Crippen molar-refractivity contribution in [2.24, 2.45) is 5.73 Å². The van der Waals surface area contributed by atoms with Gasteiger partial charge in [-0.15, -0.1) is 0 Å². The van der Waals surface area contributed by atoms with Gasteiger partial charge in [-0.3, -0.25) is 0 Å². The highest BCUT2D eigenvalue weighted by Crippen LogP contribution is 2.27. The van der Waals surface area contributed by atoms with E-state index in [-0.39, 0.29) is 11.7 Å². The largest absolute Gasteiger partial charge is 0.490 e. The van der Waals surface area contributed by atoms with Gasteiger partial charge >= 0.3 is 0 Å². The summed E-state index contributed by atoms with van der Waals surface area (Å²) < 4.78 is 24.6. The summed E-state index contributed by atoms with van der Waals surface area (Å²) in [5.41, 5.74) is 6.72. The molecule has 0 aliphatic rings. The Morgan fingerprint density at radius 3 is 2.41 bits per heavy atom. The van der Waals surface area contributed by atoms with Gasteiger partial charge in [-0.1, -0.05) is 24.3 Å². The van der Waals surface area contributed by atoms with Crippen molar-refractivity contribution >= 4 is 0 Å². The number of hydrogen-bond donors (Lipinski definition) is 1. The maximum atomic E-state index is 13.3. The van der Waals surface area contributed by atoms with Crippen LogP contribution in [0.1, 0.15) is 24.8 Å². The second-order valence-corrected chi connectivity index (χ2v) is 5.00. The molecule has 1 unspecified atom stereocenters. The molecule has 0 amide bonds. The molecule has 0 heterocycles. The predicted molar refractivity (Wildman–Crippen MR) is 85.9 cm³/mol. The van der Waals surface area contributed by atoms with Gasteiger partial charge < -0.3 is 15.2 Å². The first-order valence-electron chi connectivity index (χ1n) is 7.54. The fourth-order valence-corrected chi connectivity index (χ4v) is 2.34. The number of benzene rings is 2. The quantitative estimate of drug-likeness (QED) is 0.808. The zero-order valence-electron chi connectivity index (χ0n) is 12.8. The second-order valence-electron chi connectivity index (χ2n) is 5.00. The number of nitrogens with two attached hydrogens (primary N) is 1. The van der Waals surface area contributed by atoms with Gasteiger partial charge in [0.1, 0.15) is 5.82 Å². The summed E-state index contributed by atoms with van der Waals surface area (Å²) in [5.74, 6) is 1.30. The number of ether oxygens (including phenoxy) is 2. The van der Waals surface area contributed by atoms with E-state index in [1.807, 2.05) is 37.3 Å². The molecular weight excluding hydrogens is 281 g/mol. The fourth-order valence-electron chi connectivity index (χ4n) is 2.34. The van der Waals surface area contributed by atoms with Gasteiger partial charge in [0.05, 0.1) is 13.2 Å². The van der Waals surface area contributed by atoms with E-state index in [2.05, 4.69) is 0 Å². The van der Waals surface area contributed by atoms with Crippen LogP contribution < -0.4 is 15.2 Å². The third-order valence-electron chi connectivity index (χ3n) is 3.48. The molecule has 118 valence electrons. The molecule has 0 aromatic heterocycles. The topological polar surface area (TPSA) is 44.5 Å². The Bertz CT molecular complexity index is 589. The molecule has 3 nitrogen and oxygen atoms in total. The highest BCUT2D eigenvalue weighted by atomic mass is 19.1. The average Bonchev–Trinajstić information content (AvgIpc) is 2.53. The molecule has 0 fully saturated rings. The van der Waals surface area contributed by atoms with Crippen molar-refractivity contribution in [1.29, 1.82) is 0 Å². The summed E-state index contributed by atoms with van der Waals surface area (Å²) in [7, 11) is 0. The van der Waals surface area contributed by atoms with E-state index in [0.717, 1.165) is 23.5 Å². The van der Waals surface area contributed by atoms with Crippen molar-refractivity contribution in [2.75, 3.05) is 19.8 Å². The molecule has 1 atom stereocenters. The lowest BCUT2D eigenvalue weighted by molar-refractivity contribution is 0.267. The Labute approximate surface area is 130 Å². The summed E-state index contributed by atoms with van der Waals surface area (Å²) in [4.78, 5) is 0. The van der Waals surface area contributed by atoms with Crippen LogP contribution in [0.3, 0.4) is 0 Å². The lowest BCUT2D eigenvalue weighted by Gasteiger charge is -2.17. The molecular formula is C18H22FNO2. The molecule has 0 saturated heterocycles. The Balaban J connectivity index is 1.94. The number of rotatable bonds is 8. The van der Waals surface area contributed by atoms with Crippen molar-refractivity contribution in [1.82, 2.24) is 0 Å². The van der Waals surface area contributed by atoms with Crippen LogP contribution in [-0.4, -0.2) is 19.8 Å². The van der Waals surface area contributed by atoms with Crippen molar-refractivity contribution in [3.05, 3.63) is 59.9 Å². The van der Waals surface area contributed by atoms with E-state index in [1.165, 1.54) is 12.1 Å². The SMILES string of the molecule is CCOc1ccccc1OCCC(CN)c1cccc(F)c1. The van der Waals surface area contributed by atoms with Gasteiger partial charge in [-0.05, 0) is 55.6 Å². The summed E-state index contributed by atoms with van der Waals surface area (Å²) in [6, 6.07) is 14.2. The van der Waals surface area contributed by atoms with E-state index >= 15 is 0 Å². The second kappa shape index (κ2) is 8.39. The Morgan fingerprint density at radius 2 is 1.77 bits per heavy atom. The Hall–Kier alpha value is -2.07. The zero-order valence-corrected chi connectivity index (χ0v) is 12.8. The average molecular weight is 303 g/mol. The minimum atomic E-state index is -0.237. The standard InChI is InChI=1S/C18H22FNO2/c1-2-21-17-8-3-4-9-18(17)22-11-10-15(13-20)14-6-5-7-16(19)12-14/h3-9,12,15H,2,10-11,13,20H2,1H3. The third kappa shape index (κ3) is 4.46. The van der Waals surface area contributed by atoms with E-state index in [9.17, 15) is 4.39 Å². The summed E-state index contributed by atoms with van der Waals surface area (Å²) in [6.45, 7) is 3.49. The summed E-state index contributed by atoms with van der Waals surface area (Å²) in [5, 5.41) is 0. The number of hydrogen-bond acceptors (Lipinski definition) is 3. The highest BCUT2D eigenvalue weighted by Gasteiger charge is 2.11. The van der Waals surface area contributed by atoms with Crippen LogP contribution in [0.15, 0.2) is 48.5 Å². The van der Waals surface area contributed by atoms with Gasteiger partial charge in [0.15, 0.2) is 11.5 Å². The lowest BCUT2D eigenvalue weighted by atomic mass is 9.96. The third-order valence-corrected chi connectivity index (χ3v) is 3.48. The van der Waals surface area contributed by atoms with Crippen LogP contribution in [0.5, 0.6) is 11.5 Å². The van der Waals surface area contributed by atoms with Crippen molar-refractivity contribution in [3.8, 4) is 11.5 Å². The predicted octanol–water partition coefficient (Wildman–Crippen LogP) is 3.74. The number of para-hydroxylation sites is 2. The highest BCUT2D eigenvalue weighted by molar-refractivity contribution is 5.39.